The number of piperidine rings is 1. The minimum atomic E-state index is 0.103. The zero-order chi connectivity index (χ0) is 20.6. The number of carbonyl (C=O) groups excluding carboxylic acids is 1. The van der Waals surface area contributed by atoms with Crippen molar-refractivity contribution in [2.24, 2.45) is 22.9 Å². The lowest BCUT2D eigenvalue weighted by atomic mass is 9.75. The first-order chi connectivity index (χ1) is 14.2. The number of allylic oxidation sites excluding steroid dienone is 2. The highest BCUT2D eigenvalue weighted by molar-refractivity contribution is 6.19. The second-order valence-electron chi connectivity index (χ2n) is 8.91. The van der Waals surface area contributed by atoms with Crippen LogP contribution in [0.5, 0.6) is 0 Å². The van der Waals surface area contributed by atoms with E-state index >= 15 is 0 Å². The Morgan fingerprint density at radius 2 is 1.76 bits per heavy atom. The second-order valence-corrected chi connectivity index (χ2v) is 8.91. The van der Waals surface area contributed by atoms with Gasteiger partial charge in [-0.05, 0) is 63.3 Å². The van der Waals surface area contributed by atoms with E-state index in [2.05, 4.69) is 30.3 Å². The third kappa shape index (κ3) is 5.76. The monoisotopic (exact) mass is 396 g/mol. The van der Waals surface area contributed by atoms with Crippen molar-refractivity contribution in [3.05, 3.63) is 23.8 Å². The molecule has 0 aromatic carbocycles. The molecule has 2 fully saturated rings. The van der Waals surface area contributed by atoms with Gasteiger partial charge in [0.1, 0.15) is 0 Å². The van der Waals surface area contributed by atoms with Crippen LogP contribution in [0, 0.1) is 17.8 Å². The zero-order valence-corrected chi connectivity index (χ0v) is 18.3. The smallest absolute Gasteiger partial charge is 0.213 e. The minimum absolute atomic E-state index is 0.103. The van der Waals surface area contributed by atoms with E-state index in [-0.39, 0.29) is 18.3 Å². The highest BCUT2D eigenvalue weighted by atomic mass is 16.6. The van der Waals surface area contributed by atoms with Gasteiger partial charge in [-0.3, -0.25) is 4.79 Å². The van der Waals surface area contributed by atoms with E-state index in [0.29, 0.717) is 5.92 Å². The van der Waals surface area contributed by atoms with E-state index < -0.39 is 0 Å². The summed E-state index contributed by atoms with van der Waals surface area (Å²) in [4.78, 5) is 19.5. The van der Waals surface area contributed by atoms with Crippen molar-refractivity contribution >= 4 is 19.5 Å². The molecule has 1 saturated carbocycles. The highest BCUT2D eigenvalue weighted by Crippen LogP contribution is 2.37. The van der Waals surface area contributed by atoms with Crippen LogP contribution in [0.1, 0.15) is 71.6 Å². The number of oxime groups is 1. The number of carbonyl (C=O) groups is 1. The van der Waals surface area contributed by atoms with Gasteiger partial charge < -0.3 is 9.74 Å². The summed E-state index contributed by atoms with van der Waals surface area (Å²) < 4.78 is 0. The fourth-order valence-electron chi connectivity index (χ4n) is 5.49. The second kappa shape index (κ2) is 11.0. The molecule has 4 nitrogen and oxygen atoms in total. The first kappa shape index (κ1) is 22.2. The van der Waals surface area contributed by atoms with Gasteiger partial charge in [0.15, 0.2) is 6.10 Å². The third-order valence-corrected chi connectivity index (χ3v) is 7.22. The van der Waals surface area contributed by atoms with Crippen LogP contribution in [-0.2, 0) is 9.63 Å². The van der Waals surface area contributed by atoms with Gasteiger partial charge in [-0.15, -0.1) is 0 Å². The molecule has 0 N–H and O–H groups in total. The van der Waals surface area contributed by atoms with E-state index in [1.807, 2.05) is 11.8 Å². The van der Waals surface area contributed by atoms with Gasteiger partial charge in [0, 0.05) is 25.4 Å². The summed E-state index contributed by atoms with van der Waals surface area (Å²) in [5.41, 5.74) is 2.52. The summed E-state index contributed by atoms with van der Waals surface area (Å²) in [6, 6.07) is 0. The fraction of sp³-hybridized carbons (Fsp3) is 0.750. The first-order valence-electron chi connectivity index (χ1n) is 11.7. The Balaban J connectivity index is 1.45. The topological polar surface area (TPSA) is 41.9 Å². The summed E-state index contributed by atoms with van der Waals surface area (Å²) in [5, 5.41) is 4.50. The van der Waals surface area contributed by atoms with E-state index in [9.17, 15) is 4.79 Å². The summed E-state index contributed by atoms with van der Waals surface area (Å²) in [5.74, 6) is 2.30. The van der Waals surface area contributed by atoms with Crippen molar-refractivity contribution in [3.8, 4) is 0 Å². The summed E-state index contributed by atoms with van der Waals surface area (Å²) in [6.07, 6.45) is 17.5. The Hall–Kier alpha value is -1.52. The van der Waals surface area contributed by atoms with Crippen molar-refractivity contribution in [1.82, 2.24) is 4.90 Å². The molecule has 1 amide bonds. The molecule has 3 aliphatic rings. The number of likely N-dealkylation sites (tertiary alicyclic amines) is 1. The van der Waals surface area contributed by atoms with Gasteiger partial charge in [0.2, 0.25) is 5.91 Å². The molecule has 0 spiro atoms. The van der Waals surface area contributed by atoms with Crippen molar-refractivity contribution < 1.29 is 9.63 Å². The number of hydrogen-bond donors (Lipinski definition) is 0. The maximum atomic E-state index is 11.8. The standard InChI is InChI=1S/C24H37BN2O2/c1-3-7-18(4-2)23-16-22(26-29-23)21-10-5-8-19(9-6-11-21)20-12-14-27(15-13-20)24(28)17-25/h3-4,7,19-21,23H,5-6,8-17H2,1-2H3/b7-3-,18-4+. The molecule has 0 bridgehead atoms. The van der Waals surface area contributed by atoms with Crippen molar-refractivity contribution in [2.75, 3.05) is 13.1 Å². The van der Waals surface area contributed by atoms with Crippen molar-refractivity contribution in [3.63, 3.8) is 0 Å². The molecule has 2 radical (unpaired) electrons. The molecule has 1 saturated heterocycles. The molecule has 0 aromatic heterocycles. The van der Waals surface area contributed by atoms with Crippen LogP contribution in [0.4, 0.5) is 0 Å². The number of rotatable bonds is 5. The Labute approximate surface area is 178 Å². The molecule has 3 rings (SSSR count). The van der Waals surface area contributed by atoms with Crippen molar-refractivity contribution in [2.45, 2.75) is 84.1 Å². The van der Waals surface area contributed by atoms with Crippen LogP contribution in [0.2, 0.25) is 6.32 Å². The average Bonchev–Trinajstić information content (AvgIpc) is 3.21. The highest BCUT2D eigenvalue weighted by Gasteiger charge is 2.32. The van der Waals surface area contributed by atoms with Crippen LogP contribution in [0.3, 0.4) is 0 Å². The predicted molar refractivity (Wildman–Crippen MR) is 120 cm³/mol. The Morgan fingerprint density at radius 3 is 2.34 bits per heavy atom. The Kier molecular flexibility index (Phi) is 8.44. The van der Waals surface area contributed by atoms with Gasteiger partial charge >= 0.3 is 0 Å². The molecule has 29 heavy (non-hydrogen) atoms. The number of hydrogen-bond acceptors (Lipinski definition) is 3. The normalized spacial score (nSPS) is 30.0. The molecule has 0 aromatic rings. The van der Waals surface area contributed by atoms with Crippen LogP contribution >= 0.6 is 0 Å². The minimum Gasteiger partial charge on any atom is -0.387 e. The van der Waals surface area contributed by atoms with Gasteiger partial charge in [-0.2, -0.15) is 0 Å². The summed E-state index contributed by atoms with van der Waals surface area (Å²) >= 11 is 0. The molecule has 158 valence electrons. The fourth-order valence-corrected chi connectivity index (χ4v) is 5.49. The van der Waals surface area contributed by atoms with Crippen LogP contribution < -0.4 is 0 Å². The predicted octanol–water partition coefficient (Wildman–Crippen LogP) is 5.07. The third-order valence-electron chi connectivity index (χ3n) is 7.22. The van der Waals surface area contributed by atoms with Crippen LogP contribution in [-0.4, -0.2) is 43.6 Å². The zero-order valence-electron chi connectivity index (χ0n) is 18.3. The van der Waals surface area contributed by atoms with Crippen molar-refractivity contribution in [1.29, 1.82) is 0 Å². The van der Waals surface area contributed by atoms with Gasteiger partial charge in [-0.1, -0.05) is 49.1 Å². The molecule has 1 atom stereocenters. The largest absolute Gasteiger partial charge is 0.387 e. The first-order valence-corrected chi connectivity index (χ1v) is 11.7. The van der Waals surface area contributed by atoms with E-state index in [1.54, 1.807) is 0 Å². The summed E-state index contributed by atoms with van der Waals surface area (Å²) in [6.45, 7) is 5.91. The lowest BCUT2D eigenvalue weighted by Crippen LogP contribution is -2.40. The Morgan fingerprint density at radius 1 is 1.10 bits per heavy atom. The molecular weight excluding hydrogens is 359 g/mol. The average molecular weight is 396 g/mol. The lowest BCUT2D eigenvalue weighted by Gasteiger charge is -2.37. The molecule has 1 aliphatic carbocycles. The SMILES string of the molecule is [B]CC(=O)N1CCC(C2CCCC(C3=NOC(C(/C=C\C)=C/C)C3)CCC2)CC1. The molecular formula is C24H37BN2O2. The van der Waals surface area contributed by atoms with Crippen LogP contribution in [0.15, 0.2) is 29.0 Å². The maximum Gasteiger partial charge on any atom is 0.213 e. The van der Waals surface area contributed by atoms with Gasteiger partial charge in [0.25, 0.3) is 0 Å². The van der Waals surface area contributed by atoms with E-state index in [1.165, 1.54) is 49.8 Å². The molecule has 2 heterocycles. The molecule has 1 unspecified atom stereocenters. The Bertz CT molecular complexity index is 625. The lowest BCUT2D eigenvalue weighted by molar-refractivity contribution is -0.130. The van der Waals surface area contributed by atoms with Crippen LogP contribution in [0.25, 0.3) is 0 Å². The quantitative estimate of drug-likeness (QED) is 0.481. The van der Waals surface area contributed by atoms with Gasteiger partial charge in [0.05, 0.1) is 13.6 Å². The maximum absolute atomic E-state index is 11.8. The van der Waals surface area contributed by atoms with Gasteiger partial charge in [-0.25, -0.2) is 0 Å². The number of nitrogens with zero attached hydrogens (tertiary/aromatic N) is 2. The number of amides is 1. The molecule has 2 aliphatic heterocycles. The van der Waals surface area contributed by atoms with E-state index in [4.69, 9.17) is 12.7 Å². The molecule has 5 heteroatoms. The van der Waals surface area contributed by atoms with E-state index in [0.717, 1.165) is 44.2 Å². The summed E-state index contributed by atoms with van der Waals surface area (Å²) in [7, 11) is 5.51.